The SMILES string of the molecule is CC(=O)C(C(=O)O)=C(c1ccccc1)c1ccc(N)cc1. The molecule has 0 aliphatic heterocycles. The second-order valence-corrected chi connectivity index (χ2v) is 4.60. The number of carbonyl (C=O) groups excluding carboxylic acids is 1. The Hall–Kier alpha value is -2.88. The minimum absolute atomic E-state index is 0.231. The molecule has 0 unspecified atom stereocenters. The minimum Gasteiger partial charge on any atom is -0.478 e. The maximum Gasteiger partial charge on any atom is 0.339 e. The fourth-order valence-electron chi connectivity index (χ4n) is 2.14. The van der Waals surface area contributed by atoms with E-state index in [2.05, 4.69) is 0 Å². The number of hydrogen-bond donors (Lipinski definition) is 2. The van der Waals surface area contributed by atoms with Crippen LogP contribution in [0.3, 0.4) is 0 Å². The van der Waals surface area contributed by atoms with Gasteiger partial charge in [-0.15, -0.1) is 0 Å². The standard InChI is InChI=1S/C17H15NO3/c1-11(19)15(17(20)21)16(12-5-3-2-4-6-12)13-7-9-14(18)10-8-13/h2-10H,18H2,1H3,(H,20,21). The van der Waals surface area contributed by atoms with Crippen LogP contribution in [0.5, 0.6) is 0 Å². The smallest absolute Gasteiger partial charge is 0.339 e. The predicted molar refractivity (Wildman–Crippen MR) is 81.6 cm³/mol. The lowest BCUT2D eigenvalue weighted by Crippen LogP contribution is -2.12. The van der Waals surface area contributed by atoms with Gasteiger partial charge in [-0.2, -0.15) is 0 Å². The maximum absolute atomic E-state index is 11.8. The van der Waals surface area contributed by atoms with Gasteiger partial charge in [0.25, 0.3) is 0 Å². The second-order valence-electron chi connectivity index (χ2n) is 4.60. The van der Waals surface area contributed by atoms with Crippen LogP contribution in [0.25, 0.3) is 5.57 Å². The van der Waals surface area contributed by atoms with E-state index in [0.29, 0.717) is 22.4 Å². The van der Waals surface area contributed by atoms with Gasteiger partial charge in [0.2, 0.25) is 0 Å². The fraction of sp³-hybridized carbons (Fsp3) is 0.0588. The van der Waals surface area contributed by atoms with Crippen LogP contribution >= 0.6 is 0 Å². The Morgan fingerprint density at radius 3 is 1.90 bits per heavy atom. The highest BCUT2D eigenvalue weighted by atomic mass is 16.4. The Kier molecular flexibility index (Phi) is 4.18. The van der Waals surface area contributed by atoms with Gasteiger partial charge in [-0.1, -0.05) is 42.5 Å². The molecule has 0 saturated carbocycles. The summed E-state index contributed by atoms with van der Waals surface area (Å²) in [4.78, 5) is 23.3. The third kappa shape index (κ3) is 3.17. The molecule has 106 valence electrons. The second kappa shape index (κ2) is 6.05. The number of carbonyl (C=O) groups is 2. The topological polar surface area (TPSA) is 80.4 Å². The summed E-state index contributed by atoms with van der Waals surface area (Å²) in [5.74, 6) is -1.73. The first kappa shape index (κ1) is 14.5. The van der Waals surface area contributed by atoms with E-state index in [1.54, 1.807) is 48.5 Å². The van der Waals surface area contributed by atoms with Crippen molar-refractivity contribution in [1.82, 2.24) is 0 Å². The Balaban J connectivity index is 2.76. The average Bonchev–Trinajstić information content (AvgIpc) is 2.46. The number of hydrogen-bond acceptors (Lipinski definition) is 3. The van der Waals surface area contributed by atoms with Crippen LogP contribution in [0.1, 0.15) is 18.1 Å². The summed E-state index contributed by atoms with van der Waals surface area (Å²) in [6, 6.07) is 15.8. The van der Waals surface area contributed by atoms with E-state index < -0.39 is 11.8 Å². The van der Waals surface area contributed by atoms with Crippen molar-refractivity contribution in [1.29, 1.82) is 0 Å². The third-order valence-corrected chi connectivity index (χ3v) is 3.08. The van der Waals surface area contributed by atoms with Gasteiger partial charge in [0, 0.05) is 11.3 Å². The quantitative estimate of drug-likeness (QED) is 0.391. The first-order chi connectivity index (χ1) is 10.0. The normalized spacial score (nSPS) is 11.7. The van der Waals surface area contributed by atoms with Crippen LogP contribution in [0.2, 0.25) is 0 Å². The highest BCUT2D eigenvalue weighted by Crippen LogP contribution is 2.28. The van der Waals surface area contributed by atoms with Gasteiger partial charge in [0.05, 0.1) is 0 Å². The number of rotatable bonds is 4. The number of aliphatic carboxylic acids is 1. The number of nitrogen functional groups attached to an aromatic ring is 1. The molecule has 0 radical (unpaired) electrons. The third-order valence-electron chi connectivity index (χ3n) is 3.08. The molecule has 0 aliphatic carbocycles. The van der Waals surface area contributed by atoms with Crippen molar-refractivity contribution < 1.29 is 14.7 Å². The van der Waals surface area contributed by atoms with Gasteiger partial charge in [0.15, 0.2) is 5.78 Å². The number of Topliss-reactive ketones (excluding diaryl/α,β-unsaturated/α-hetero) is 1. The van der Waals surface area contributed by atoms with Crippen molar-refractivity contribution in [2.75, 3.05) is 5.73 Å². The van der Waals surface area contributed by atoms with Gasteiger partial charge in [-0.25, -0.2) is 4.79 Å². The van der Waals surface area contributed by atoms with Crippen LogP contribution in [-0.2, 0) is 9.59 Å². The number of anilines is 1. The van der Waals surface area contributed by atoms with E-state index in [0.717, 1.165) is 0 Å². The Bertz CT molecular complexity index is 685. The molecule has 2 rings (SSSR count). The van der Waals surface area contributed by atoms with Gasteiger partial charge in [-0.05, 0) is 30.2 Å². The zero-order valence-electron chi connectivity index (χ0n) is 11.5. The first-order valence-electron chi connectivity index (χ1n) is 6.40. The van der Waals surface area contributed by atoms with Gasteiger partial charge < -0.3 is 10.8 Å². The minimum atomic E-state index is -1.24. The van der Waals surface area contributed by atoms with E-state index in [-0.39, 0.29) is 5.57 Å². The Labute approximate surface area is 122 Å². The van der Waals surface area contributed by atoms with Crippen molar-refractivity contribution in [2.45, 2.75) is 6.92 Å². The molecule has 0 amide bonds. The summed E-state index contributed by atoms with van der Waals surface area (Å²) in [5.41, 5.74) is 7.72. The summed E-state index contributed by atoms with van der Waals surface area (Å²) in [5, 5.41) is 9.39. The van der Waals surface area contributed by atoms with Crippen molar-refractivity contribution in [3.05, 3.63) is 71.3 Å². The number of nitrogens with two attached hydrogens (primary N) is 1. The van der Waals surface area contributed by atoms with E-state index in [1.807, 2.05) is 6.07 Å². The van der Waals surface area contributed by atoms with Crippen LogP contribution < -0.4 is 5.73 Å². The van der Waals surface area contributed by atoms with E-state index in [9.17, 15) is 14.7 Å². The number of ketones is 1. The van der Waals surface area contributed by atoms with E-state index in [4.69, 9.17) is 5.73 Å². The van der Waals surface area contributed by atoms with Crippen LogP contribution in [0.4, 0.5) is 5.69 Å². The van der Waals surface area contributed by atoms with Gasteiger partial charge in [-0.3, -0.25) is 4.79 Å². The Morgan fingerprint density at radius 1 is 0.905 bits per heavy atom. The largest absolute Gasteiger partial charge is 0.478 e. The molecule has 0 atom stereocenters. The highest BCUT2D eigenvalue weighted by Gasteiger charge is 2.21. The number of carboxylic acids is 1. The molecule has 0 aromatic heterocycles. The molecule has 4 heteroatoms. The lowest BCUT2D eigenvalue weighted by molar-refractivity contribution is -0.134. The van der Waals surface area contributed by atoms with Crippen molar-refractivity contribution in [2.24, 2.45) is 0 Å². The molecule has 0 spiro atoms. The molecule has 4 nitrogen and oxygen atoms in total. The maximum atomic E-state index is 11.8. The molecule has 0 aliphatic rings. The molecule has 0 bridgehead atoms. The predicted octanol–water partition coefficient (Wildman–Crippen LogP) is 2.74. The monoisotopic (exact) mass is 281 g/mol. The van der Waals surface area contributed by atoms with E-state index in [1.165, 1.54) is 6.92 Å². The first-order valence-corrected chi connectivity index (χ1v) is 6.40. The lowest BCUT2D eigenvalue weighted by atomic mass is 9.91. The fourth-order valence-corrected chi connectivity index (χ4v) is 2.14. The van der Waals surface area contributed by atoms with Crippen LogP contribution in [-0.4, -0.2) is 16.9 Å². The van der Waals surface area contributed by atoms with Crippen molar-refractivity contribution in [3.8, 4) is 0 Å². The summed E-state index contributed by atoms with van der Waals surface area (Å²) in [6.45, 7) is 1.25. The molecular formula is C17H15NO3. The number of carboxylic acid groups (broad SMARTS) is 1. The average molecular weight is 281 g/mol. The zero-order chi connectivity index (χ0) is 15.4. The lowest BCUT2D eigenvalue weighted by Gasteiger charge is -2.12. The summed E-state index contributed by atoms with van der Waals surface area (Å²) in [7, 11) is 0. The van der Waals surface area contributed by atoms with Crippen LogP contribution in [0.15, 0.2) is 60.2 Å². The van der Waals surface area contributed by atoms with Gasteiger partial charge >= 0.3 is 5.97 Å². The van der Waals surface area contributed by atoms with Gasteiger partial charge in [0.1, 0.15) is 5.57 Å². The molecular weight excluding hydrogens is 266 g/mol. The number of benzene rings is 2. The van der Waals surface area contributed by atoms with Crippen LogP contribution in [0, 0.1) is 0 Å². The van der Waals surface area contributed by atoms with Crippen molar-refractivity contribution >= 4 is 23.0 Å². The molecule has 0 heterocycles. The molecule has 0 fully saturated rings. The molecule has 2 aromatic rings. The zero-order valence-corrected chi connectivity index (χ0v) is 11.5. The highest BCUT2D eigenvalue weighted by molar-refractivity contribution is 6.23. The van der Waals surface area contributed by atoms with E-state index >= 15 is 0 Å². The summed E-state index contributed by atoms with van der Waals surface area (Å²) >= 11 is 0. The molecule has 2 aromatic carbocycles. The summed E-state index contributed by atoms with van der Waals surface area (Å²) in [6.07, 6.45) is 0. The summed E-state index contributed by atoms with van der Waals surface area (Å²) < 4.78 is 0. The Morgan fingerprint density at radius 2 is 1.43 bits per heavy atom. The molecule has 21 heavy (non-hydrogen) atoms. The molecule has 3 N–H and O–H groups in total. The van der Waals surface area contributed by atoms with Crippen molar-refractivity contribution in [3.63, 3.8) is 0 Å². The molecule has 0 saturated heterocycles.